The van der Waals surface area contributed by atoms with E-state index in [0.29, 0.717) is 11.7 Å². The summed E-state index contributed by atoms with van der Waals surface area (Å²) in [6.07, 6.45) is 5.39. The maximum atomic E-state index is 12.2. The highest BCUT2D eigenvalue weighted by atomic mass is 16.1. The van der Waals surface area contributed by atoms with Crippen LogP contribution in [0, 0.1) is 0 Å². The Hall–Kier alpha value is -2.17. The van der Waals surface area contributed by atoms with Gasteiger partial charge in [0.1, 0.15) is 0 Å². The zero-order valence-corrected chi connectivity index (χ0v) is 11.5. The van der Waals surface area contributed by atoms with Crippen LogP contribution in [0.5, 0.6) is 0 Å². The van der Waals surface area contributed by atoms with Crippen LogP contribution in [-0.2, 0) is 4.79 Å². The Morgan fingerprint density at radius 3 is 2.95 bits per heavy atom. The second kappa shape index (κ2) is 5.45. The van der Waals surface area contributed by atoms with Gasteiger partial charge in [0.15, 0.2) is 5.82 Å². The van der Waals surface area contributed by atoms with Crippen molar-refractivity contribution < 1.29 is 4.79 Å². The summed E-state index contributed by atoms with van der Waals surface area (Å²) in [5.41, 5.74) is 1.89. The highest BCUT2D eigenvalue weighted by molar-refractivity contribution is 5.94. The first kappa shape index (κ1) is 12.8. The SMILES string of the molecule is CC(C(=O)Nc1cc(C2CCC2)[nH]n1)c1ccccn1. The van der Waals surface area contributed by atoms with Gasteiger partial charge in [-0.3, -0.25) is 14.9 Å². The Morgan fingerprint density at radius 2 is 2.30 bits per heavy atom. The summed E-state index contributed by atoms with van der Waals surface area (Å²) in [5.74, 6) is 0.802. The molecule has 0 aromatic carbocycles. The van der Waals surface area contributed by atoms with Crippen LogP contribution in [0.25, 0.3) is 0 Å². The number of aromatic nitrogens is 3. The number of nitrogens with zero attached hydrogens (tertiary/aromatic N) is 2. The number of hydrogen-bond acceptors (Lipinski definition) is 3. The molecule has 1 amide bonds. The van der Waals surface area contributed by atoms with E-state index in [1.807, 2.05) is 31.2 Å². The average Bonchev–Trinajstić information content (AvgIpc) is 2.85. The predicted octanol–water partition coefficient (Wildman–Crippen LogP) is 2.81. The van der Waals surface area contributed by atoms with Gasteiger partial charge in [-0.25, -0.2) is 0 Å². The van der Waals surface area contributed by atoms with E-state index in [1.165, 1.54) is 19.3 Å². The van der Waals surface area contributed by atoms with E-state index in [2.05, 4.69) is 20.5 Å². The minimum absolute atomic E-state index is 0.0876. The van der Waals surface area contributed by atoms with Crippen molar-refractivity contribution in [3.05, 3.63) is 41.9 Å². The molecule has 20 heavy (non-hydrogen) atoms. The van der Waals surface area contributed by atoms with Crippen LogP contribution >= 0.6 is 0 Å². The Kier molecular flexibility index (Phi) is 3.50. The van der Waals surface area contributed by atoms with E-state index < -0.39 is 0 Å². The van der Waals surface area contributed by atoms with E-state index in [1.54, 1.807) is 6.20 Å². The molecule has 2 aromatic rings. The van der Waals surface area contributed by atoms with E-state index in [4.69, 9.17) is 0 Å². The molecular weight excluding hydrogens is 252 g/mol. The molecule has 3 rings (SSSR count). The zero-order chi connectivity index (χ0) is 13.9. The fourth-order valence-electron chi connectivity index (χ4n) is 2.33. The molecule has 0 saturated heterocycles. The minimum Gasteiger partial charge on any atom is -0.309 e. The van der Waals surface area contributed by atoms with Gasteiger partial charge < -0.3 is 5.32 Å². The largest absolute Gasteiger partial charge is 0.309 e. The van der Waals surface area contributed by atoms with Crippen LogP contribution in [0.3, 0.4) is 0 Å². The molecule has 104 valence electrons. The highest BCUT2D eigenvalue weighted by Crippen LogP contribution is 2.35. The van der Waals surface area contributed by atoms with E-state index in [9.17, 15) is 4.79 Å². The van der Waals surface area contributed by atoms with Crippen molar-refractivity contribution in [3.8, 4) is 0 Å². The number of rotatable bonds is 4. The number of amides is 1. The quantitative estimate of drug-likeness (QED) is 0.897. The summed E-state index contributed by atoms with van der Waals surface area (Å²) in [4.78, 5) is 16.4. The van der Waals surface area contributed by atoms with Crippen LogP contribution in [0.15, 0.2) is 30.5 Å². The third-order valence-electron chi connectivity index (χ3n) is 3.92. The lowest BCUT2D eigenvalue weighted by Gasteiger charge is -2.23. The van der Waals surface area contributed by atoms with Gasteiger partial charge in [-0.05, 0) is 31.9 Å². The number of anilines is 1. The first-order valence-corrected chi connectivity index (χ1v) is 7.01. The molecule has 5 nitrogen and oxygen atoms in total. The van der Waals surface area contributed by atoms with Crippen molar-refractivity contribution in [3.63, 3.8) is 0 Å². The molecule has 1 fully saturated rings. The zero-order valence-electron chi connectivity index (χ0n) is 11.5. The maximum Gasteiger partial charge on any atom is 0.234 e. The smallest absolute Gasteiger partial charge is 0.234 e. The standard InChI is InChI=1S/C15H18N4O/c1-10(12-7-2-3-8-16-12)15(20)17-14-9-13(18-19-14)11-5-4-6-11/h2-3,7-11H,4-6H2,1H3,(H2,17,18,19,20). The van der Waals surface area contributed by atoms with Gasteiger partial charge in [0, 0.05) is 23.9 Å². The van der Waals surface area contributed by atoms with Gasteiger partial charge in [0.05, 0.1) is 11.6 Å². The number of pyridine rings is 1. The Labute approximate surface area is 117 Å². The molecule has 0 aliphatic heterocycles. The molecule has 1 unspecified atom stereocenters. The van der Waals surface area contributed by atoms with E-state index >= 15 is 0 Å². The summed E-state index contributed by atoms with van der Waals surface area (Å²) in [6.45, 7) is 1.84. The monoisotopic (exact) mass is 270 g/mol. The summed E-state index contributed by atoms with van der Waals surface area (Å²) in [5, 5.41) is 10.0. The first-order valence-electron chi connectivity index (χ1n) is 7.01. The van der Waals surface area contributed by atoms with Crippen LogP contribution < -0.4 is 5.32 Å². The minimum atomic E-state index is -0.292. The van der Waals surface area contributed by atoms with Crippen molar-refractivity contribution >= 4 is 11.7 Å². The topological polar surface area (TPSA) is 70.7 Å². The number of carbonyl (C=O) groups excluding carboxylic acids is 1. The summed E-state index contributed by atoms with van der Waals surface area (Å²) >= 11 is 0. The van der Waals surface area contributed by atoms with Crippen LogP contribution in [-0.4, -0.2) is 21.1 Å². The number of nitrogens with one attached hydrogen (secondary N) is 2. The Morgan fingerprint density at radius 1 is 1.45 bits per heavy atom. The lowest BCUT2D eigenvalue weighted by atomic mass is 9.83. The fraction of sp³-hybridized carbons (Fsp3) is 0.400. The number of H-pyrrole nitrogens is 1. The molecule has 2 heterocycles. The van der Waals surface area contributed by atoms with Gasteiger partial charge in [0.2, 0.25) is 5.91 Å². The molecular formula is C15H18N4O. The molecule has 1 saturated carbocycles. The van der Waals surface area contributed by atoms with Crippen LogP contribution in [0.4, 0.5) is 5.82 Å². The third kappa shape index (κ3) is 2.57. The van der Waals surface area contributed by atoms with Gasteiger partial charge in [-0.1, -0.05) is 12.5 Å². The van der Waals surface area contributed by atoms with Gasteiger partial charge in [0.25, 0.3) is 0 Å². The third-order valence-corrected chi connectivity index (χ3v) is 3.92. The lowest BCUT2D eigenvalue weighted by Crippen LogP contribution is -2.19. The normalized spacial score (nSPS) is 16.4. The Balaban J connectivity index is 1.65. The molecule has 0 radical (unpaired) electrons. The summed E-state index contributed by atoms with van der Waals surface area (Å²) < 4.78 is 0. The average molecular weight is 270 g/mol. The Bertz CT molecular complexity index is 589. The molecule has 5 heteroatoms. The lowest BCUT2D eigenvalue weighted by molar-refractivity contribution is -0.117. The van der Waals surface area contributed by atoms with Crippen molar-refractivity contribution in [2.75, 3.05) is 5.32 Å². The molecule has 1 aliphatic rings. The second-order valence-corrected chi connectivity index (χ2v) is 5.30. The number of carbonyl (C=O) groups is 1. The van der Waals surface area contributed by atoms with Crippen molar-refractivity contribution in [2.24, 2.45) is 0 Å². The van der Waals surface area contributed by atoms with E-state index in [0.717, 1.165) is 11.4 Å². The van der Waals surface area contributed by atoms with Crippen molar-refractivity contribution in [2.45, 2.75) is 38.0 Å². The maximum absolute atomic E-state index is 12.2. The summed E-state index contributed by atoms with van der Waals surface area (Å²) in [6, 6.07) is 7.52. The molecule has 1 aliphatic carbocycles. The van der Waals surface area contributed by atoms with Crippen molar-refractivity contribution in [1.82, 2.24) is 15.2 Å². The predicted molar refractivity (Wildman–Crippen MR) is 76.5 cm³/mol. The van der Waals surface area contributed by atoms with Crippen molar-refractivity contribution in [1.29, 1.82) is 0 Å². The number of aromatic amines is 1. The first-order chi connectivity index (χ1) is 9.74. The van der Waals surface area contributed by atoms with Crippen LogP contribution in [0.2, 0.25) is 0 Å². The molecule has 2 aromatic heterocycles. The van der Waals surface area contributed by atoms with Crippen LogP contribution in [0.1, 0.15) is 49.4 Å². The molecule has 0 spiro atoms. The fourth-order valence-corrected chi connectivity index (χ4v) is 2.33. The highest BCUT2D eigenvalue weighted by Gasteiger charge is 2.22. The van der Waals surface area contributed by atoms with E-state index in [-0.39, 0.29) is 11.8 Å². The second-order valence-electron chi connectivity index (χ2n) is 5.30. The molecule has 0 bridgehead atoms. The van der Waals surface area contributed by atoms with Gasteiger partial charge in [-0.2, -0.15) is 5.10 Å². The molecule has 2 N–H and O–H groups in total. The number of hydrogen-bond donors (Lipinski definition) is 2. The van der Waals surface area contributed by atoms with Gasteiger partial charge >= 0.3 is 0 Å². The molecule has 1 atom stereocenters. The van der Waals surface area contributed by atoms with Gasteiger partial charge in [-0.15, -0.1) is 0 Å². The summed E-state index contributed by atoms with van der Waals surface area (Å²) in [7, 11) is 0.